The first-order valence-corrected chi connectivity index (χ1v) is 10.7. The Morgan fingerprint density at radius 1 is 1.30 bits per heavy atom. The van der Waals surface area contributed by atoms with Crippen LogP contribution < -0.4 is 5.32 Å². The van der Waals surface area contributed by atoms with Crippen LogP contribution in [0.2, 0.25) is 0 Å². The molecule has 6 aliphatic rings. The maximum Gasteiger partial charge on any atom is 0.148 e. The molecule has 6 rings (SSSR count). The van der Waals surface area contributed by atoms with Gasteiger partial charge in [-0.1, -0.05) is 5.57 Å². The predicted molar refractivity (Wildman–Crippen MR) is 101 cm³/mol. The number of likely N-dealkylation sites (tertiary alicyclic amines) is 1. The molecule has 27 heavy (non-hydrogen) atoms. The Morgan fingerprint density at radius 2 is 2.15 bits per heavy atom. The summed E-state index contributed by atoms with van der Waals surface area (Å²) in [4.78, 5) is 14.1. The molecule has 0 aromatic rings. The monoisotopic (exact) mass is 371 g/mol. The fraction of sp³-hybridized carbons (Fsp3) is 0.810. The van der Waals surface area contributed by atoms with Gasteiger partial charge < -0.3 is 15.2 Å². The van der Waals surface area contributed by atoms with Crippen molar-refractivity contribution in [3.63, 3.8) is 0 Å². The Bertz CT molecular complexity index is 773. The highest BCUT2D eigenvalue weighted by Gasteiger charge is 2.74. The lowest BCUT2D eigenvalue weighted by Gasteiger charge is -2.64. The quantitative estimate of drug-likeness (QED) is 0.743. The third-order valence-corrected chi connectivity index (χ3v) is 8.55. The second-order valence-corrected chi connectivity index (χ2v) is 9.62. The van der Waals surface area contributed by atoms with Gasteiger partial charge in [-0.05, 0) is 69.6 Å². The minimum absolute atomic E-state index is 0.0954. The summed E-state index contributed by atoms with van der Waals surface area (Å²) < 4.78 is 6.51. The van der Waals surface area contributed by atoms with E-state index >= 15 is 0 Å². The highest BCUT2D eigenvalue weighted by molar-refractivity contribution is 5.54. The molecule has 4 aliphatic carbocycles. The SMILES string of the molecule is CN[C@@H]1CC[C@@]2(O)[C@H]3CC4=C5C(=C(N=O)CC4)O[C@@H]1[C@]52CCN3CC1CC1. The van der Waals surface area contributed by atoms with E-state index in [0.717, 1.165) is 56.9 Å². The molecule has 2 saturated heterocycles. The second-order valence-electron chi connectivity index (χ2n) is 9.62. The van der Waals surface area contributed by atoms with Gasteiger partial charge in [0.1, 0.15) is 17.6 Å². The number of ether oxygens (including phenoxy) is 1. The van der Waals surface area contributed by atoms with E-state index in [1.54, 1.807) is 0 Å². The van der Waals surface area contributed by atoms with E-state index in [1.807, 2.05) is 7.05 Å². The average Bonchev–Trinajstić information content (AvgIpc) is 3.41. The van der Waals surface area contributed by atoms with E-state index in [4.69, 9.17) is 4.74 Å². The Labute approximate surface area is 160 Å². The van der Waals surface area contributed by atoms with Crippen LogP contribution in [-0.4, -0.2) is 53.9 Å². The lowest BCUT2D eigenvalue weighted by molar-refractivity contribution is -0.213. The van der Waals surface area contributed by atoms with Crippen molar-refractivity contribution in [2.24, 2.45) is 16.5 Å². The van der Waals surface area contributed by atoms with Gasteiger partial charge in [0.05, 0.1) is 11.0 Å². The molecule has 2 N–H and O–H groups in total. The number of allylic oxidation sites excluding steroid dienone is 2. The molecular weight excluding hydrogens is 342 g/mol. The molecule has 4 fully saturated rings. The third kappa shape index (κ3) is 1.92. The average molecular weight is 371 g/mol. The lowest BCUT2D eigenvalue weighted by Crippen LogP contribution is -2.75. The first-order valence-electron chi connectivity index (χ1n) is 10.7. The van der Waals surface area contributed by atoms with Crippen LogP contribution in [0.25, 0.3) is 0 Å². The normalized spacial score (nSPS) is 45.6. The fourth-order valence-electron chi connectivity index (χ4n) is 7.16. The summed E-state index contributed by atoms with van der Waals surface area (Å²) in [6.45, 7) is 2.16. The molecule has 2 aliphatic heterocycles. The van der Waals surface area contributed by atoms with Gasteiger partial charge in [0, 0.05) is 30.6 Å². The Hall–Kier alpha value is -1.24. The summed E-state index contributed by atoms with van der Waals surface area (Å²) in [6.07, 6.45) is 7.72. The van der Waals surface area contributed by atoms with Crippen LogP contribution in [0.1, 0.15) is 51.4 Å². The van der Waals surface area contributed by atoms with Crippen LogP contribution in [0.4, 0.5) is 0 Å². The van der Waals surface area contributed by atoms with Crippen LogP contribution >= 0.6 is 0 Å². The van der Waals surface area contributed by atoms with Crippen molar-refractivity contribution < 1.29 is 9.84 Å². The van der Waals surface area contributed by atoms with Gasteiger partial charge in [0.2, 0.25) is 0 Å². The molecule has 6 heteroatoms. The number of piperidine rings is 1. The van der Waals surface area contributed by atoms with Gasteiger partial charge in [0.15, 0.2) is 0 Å². The van der Waals surface area contributed by atoms with Crippen molar-refractivity contribution in [3.8, 4) is 0 Å². The van der Waals surface area contributed by atoms with E-state index in [-0.39, 0.29) is 23.6 Å². The van der Waals surface area contributed by atoms with E-state index < -0.39 is 5.60 Å². The molecule has 2 bridgehead atoms. The summed E-state index contributed by atoms with van der Waals surface area (Å²) >= 11 is 0. The second kappa shape index (κ2) is 5.43. The van der Waals surface area contributed by atoms with Gasteiger partial charge >= 0.3 is 0 Å². The maximum atomic E-state index is 12.3. The summed E-state index contributed by atoms with van der Waals surface area (Å²) in [7, 11) is 1.99. The zero-order valence-corrected chi connectivity index (χ0v) is 16.0. The first kappa shape index (κ1) is 16.7. The highest BCUT2D eigenvalue weighted by Crippen LogP contribution is 2.68. The molecule has 1 spiro atoms. The molecule has 2 heterocycles. The Balaban J connectivity index is 1.54. The zero-order valence-electron chi connectivity index (χ0n) is 16.0. The van der Waals surface area contributed by atoms with Crippen LogP contribution in [0, 0.1) is 16.2 Å². The number of nitrogens with one attached hydrogen (secondary N) is 1. The molecule has 0 amide bonds. The zero-order chi connectivity index (χ0) is 18.4. The summed E-state index contributed by atoms with van der Waals surface area (Å²) in [5, 5.41) is 19.0. The molecule has 0 radical (unpaired) electrons. The molecule has 2 saturated carbocycles. The highest BCUT2D eigenvalue weighted by atomic mass is 16.5. The van der Waals surface area contributed by atoms with Crippen molar-refractivity contribution in [1.82, 2.24) is 10.2 Å². The Morgan fingerprint density at radius 3 is 2.89 bits per heavy atom. The van der Waals surface area contributed by atoms with Gasteiger partial charge in [-0.25, -0.2) is 0 Å². The van der Waals surface area contributed by atoms with Crippen LogP contribution in [0.5, 0.6) is 0 Å². The standard InChI is InChI=1S/C21H29N3O3/c1-22-15-6-7-21(25)16-10-13-4-5-14(23-26)18-17(13)20(21,19(15)27-18)8-9-24(16)11-12-2-3-12/h12,15-16,19,22,25H,2-11H2,1H3/t15-,16-,19+,20+,21-/m1/s1. The predicted octanol–water partition coefficient (Wildman–Crippen LogP) is 2.44. The number of nitrogens with zero attached hydrogens (tertiary/aromatic N) is 2. The Kier molecular flexibility index (Phi) is 3.35. The van der Waals surface area contributed by atoms with E-state index in [1.165, 1.54) is 24.0 Å². The minimum Gasteiger partial charge on any atom is -0.485 e. The first-order chi connectivity index (χ1) is 13.1. The molecule has 6 nitrogen and oxygen atoms in total. The number of nitroso groups, excluding NO2 is 1. The summed E-state index contributed by atoms with van der Waals surface area (Å²) in [6, 6.07) is 0.401. The molecule has 146 valence electrons. The summed E-state index contributed by atoms with van der Waals surface area (Å²) in [5.74, 6) is 1.56. The topological polar surface area (TPSA) is 74.2 Å². The lowest BCUT2D eigenvalue weighted by atomic mass is 9.47. The van der Waals surface area contributed by atoms with Crippen molar-refractivity contribution in [1.29, 1.82) is 0 Å². The maximum absolute atomic E-state index is 12.3. The van der Waals surface area contributed by atoms with Crippen LogP contribution in [0.3, 0.4) is 0 Å². The molecule has 5 atom stereocenters. The van der Waals surface area contributed by atoms with E-state index in [0.29, 0.717) is 12.1 Å². The summed E-state index contributed by atoms with van der Waals surface area (Å²) in [5.41, 5.74) is 2.03. The number of rotatable bonds is 4. The largest absolute Gasteiger partial charge is 0.485 e. The van der Waals surface area contributed by atoms with E-state index in [9.17, 15) is 10.0 Å². The number of hydrogen-bond acceptors (Lipinski definition) is 6. The fourth-order valence-corrected chi connectivity index (χ4v) is 7.16. The number of aliphatic hydroxyl groups is 1. The van der Waals surface area contributed by atoms with Gasteiger partial charge in [-0.3, -0.25) is 4.90 Å². The van der Waals surface area contributed by atoms with Gasteiger partial charge in [-0.15, -0.1) is 4.91 Å². The van der Waals surface area contributed by atoms with Crippen molar-refractivity contribution in [2.45, 2.75) is 75.2 Å². The van der Waals surface area contributed by atoms with Crippen LogP contribution in [-0.2, 0) is 4.74 Å². The molecule has 0 aromatic carbocycles. The molecule has 0 unspecified atom stereocenters. The van der Waals surface area contributed by atoms with Crippen molar-refractivity contribution in [2.75, 3.05) is 20.1 Å². The smallest absolute Gasteiger partial charge is 0.148 e. The van der Waals surface area contributed by atoms with Crippen molar-refractivity contribution in [3.05, 3.63) is 27.5 Å². The van der Waals surface area contributed by atoms with Gasteiger partial charge in [-0.2, -0.15) is 0 Å². The van der Waals surface area contributed by atoms with Gasteiger partial charge in [0.25, 0.3) is 0 Å². The number of likely N-dealkylation sites (N-methyl/N-ethyl adjacent to an activating group) is 1. The minimum atomic E-state index is -0.760. The van der Waals surface area contributed by atoms with Crippen molar-refractivity contribution >= 4 is 0 Å². The molecular formula is C21H29N3O3. The van der Waals surface area contributed by atoms with Crippen LogP contribution in [0.15, 0.2) is 27.8 Å². The van der Waals surface area contributed by atoms with E-state index in [2.05, 4.69) is 15.4 Å². The third-order valence-electron chi connectivity index (χ3n) is 8.55. The number of hydrogen-bond donors (Lipinski definition) is 2. The molecule has 0 aromatic heterocycles.